The molecule has 0 atom stereocenters. The molecule has 0 aliphatic carbocycles. The monoisotopic (exact) mass is 414 g/mol. The lowest BCUT2D eigenvalue weighted by atomic mass is 9.99. The summed E-state index contributed by atoms with van der Waals surface area (Å²) in [4.78, 5) is 34.4. The van der Waals surface area contributed by atoms with Crippen molar-refractivity contribution in [2.24, 2.45) is 11.0 Å². The summed E-state index contributed by atoms with van der Waals surface area (Å²) in [6, 6.07) is 5.90. The molecule has 0 N–H and O–H groups in total. The first kappa shape index (κ1) is 22.1. The van der Waals surface area contributed by atoms with Crippen molar-refractivity contribution in [1.82, 2.24) is 19.8 Å². The molecule has 164 valence electrons. The first-order chi connectivity index (χ1) is 14.6. The number of anilines is 1. The minimum atomic E-state index is 0.0870. The van der Waals surface area contributed by atoms with Crippen molar-refractivity contribution in [2.75, 3.05) is 57.8 Å². The fraction of sp³-hybridized carbons (Fsp3) is 0.636. The summed E-state index contributed by atoms with van der Waals surface area (Å²) in [6.07, 6.45) is 6.10. The van der Waals surface area contributed by atoms with Crippen LogP contribution in [0.5, 0.6) is 0 Å². The van der Waals surface area contributed by atoms with Gasteiger partial charge in [-0.25, -0.2) is 4.98 Å². The molecular formula is C22H34N6O2. The number of likely N-dealkylation sites (tertiary alicyclic amines) is 1. The van der Waals surface area contributed by atoms with Crippen LogP contribution in [0.1, 0.15) is 32.6 Å². The van der Waals surface area contributed by atoms with Gasteiger partial charge in [-0.15, -0.1) is 0 Å². The van der Waals surface area contributed by atoms with Crippen LogP contribution in [0.4, 0.5) is 5.82 Å². The molecule has 1 aromatic rings. The predicted octanol–water partition coefficient (Wildman–Crippen LogP) is 1.69. The second kappa shape index (κ2) is 10.9. The number of piperazine rings is 1. The summed E-state index contributed by atoms with van der Waals surface area (Å²) < 4.78 is 0. The molecule has 0 unspecified atom stereocenters. The summed E-state index contributed by atoms with van der Waals surface area (Å²) in [5.41, 5.74) is 0. The molecule has 0 aromatic carbocycles. The zero-order valence-corrected chi connectivity index (χ0v) is 18.2. The maximum atomic E-state index is 12.8. The highest BCUT2D eigenvalue weighted by Crippen LogP contribution is 2.18. The molecule has 3 rings (SSSR count). The topological polar surface area (TPSA) is 72.4 Å². The molecule has 3 heterocycles. The Labute approximate surface area is 179 Å². The molecule has 1 aromatic heterocycles. The summed E-state index contributed by atoms with van der Waals surface area (Å²) in [5.74, 6) is 2.70. The summed E-state index contributed by atoms with van der Waals surface area (Å²) in [7, 11) is 1.84. The molecule has 8 heteroatoms. The van der Waals surface area contributed by atoms with Gasteiger partial charge in [0.2, 0.25) is 5.91 Å². The molecule has 0 spiro atoms. The van der Waals surface area contributed by atoms with Crippen molar-refractivity contribution < 1.29 is 9.59 Å². The number of rotatable bonds is 7. The lowest BCUT2D eigenvalue weighted by Gasteiger charge is -2.36. The third-order valence-corrected chi connectivity index (χ3v) is 5.89. The zero-order valence-electron chi connectivity index (χ0n) is 18.2. The smallest absolute Gasteiger partial charge is 0.243 e. The Bertz CT molecular complexity index is 710. The average Bonchev–Trinajstić information content (AvgIpc) is 2.78. The Hall–Kier alpha value is -2.64. The third-order valence-electron chi connectivity index (χ3n) is 5.89. The molecule has 0 bridgehead atoms. The van der Waals surface area contributed by atoms with Crippen molar-refractivity contribution in [3.8, 4) is 0 Å². The van der Waals surface area contributed by atoms with Crippen LogP contribution >= 0.6 is 0 Å². The number of carbonyl (C=O) groups excluding carboxylic acids is 2. The van der Waals surface area contributed by atoms with Gasteiger partial charge in [-0.2, -0.15) is 5.10 Å². The Morgan fingerprint density at radius 2 is 1.90 bits per heavy atom. The van der Waals surface area contributed by atoms with Gasteiger partial charge in [-0.05, 0) is 30.9 Å². The minimum absolute atomic E-state index is 0.0870. The Balaban J connectivity index is 1.52. The van der Waals surface area contributed by atoms with Crippen LogP contribution in [0, 0.1) is 5.92 Å². The quantitative estimate of drug-likeness (QED) is 0.293. The molecule has 2 aliphatic rings. The number of hydrogen-bond donors (Lipinski definition) is 0. The van der Waals surface area contributed by atoms with E-state index >= 15 is 0 Å². The Morgan fingerprint density at radius 1 is 1.17 bits per heavy atom. The van der Waals surface area contributed by atoms with Gasteiger partial charge in [0.05, 0.1) is 0 Å². The number of likely N-dealkylation sites (N-methyl/N-ethyl adjacent to an activating group) is 1. The number of hydrazone groups is 1. The number of piperidine rings is 1. The SMILES string of the molecule is CC1CCN(/C(CCC=O)=N/N(C)CC(=O)N2CCN(c3ccccn3)CC2)CC1. The normalized spacial score (nSPS) is 18.5. The van der Waals surface area contributed by atoms with E-state index in [1.807, 2.05) is 30.1 Å². The highest BCUT2D eigenvalue weighted by Gasteiger charge is 2.23. The van der Waals surface area contributed by atoms with Crippen LogP contribution in [-0.2, 0) is 9.59 Å². The molecule has 30 heavy (non-hydrogen) atoms. The van der Waals surface area contributed by atoms with Gasteiger partial charge in [-0.3, -0.25) is 9.80 Å². The van der Waals surface area contributed by atoms with E-state index in [4.69, 9.17) is 5.10 Å². The number of nitrogens with zero attached hydrogens (tertiary/aromatic N) is 6. The van der Waals surface area contributed by atoms with Crippen LogP contribution in [0.25, 0.3) is 0 Å². The van der Waals surface area contributed by atoms with Gasteiger partial charge < -0.3 is 19.5 Å². The maximum absolute atomic E-state index is 12.8. The lowest BCUT2D eigenvalue weighted by molar-refractivity contribution is -0.132. The van der Waals surface area contributed by atoms with Gasteiger partial charge in [0.15, 0.2) is 0 Å². The van der Waals surface area contributed by atoms with Crippen LogP contribution in [0.15, 0.2) is 29.5 Å². The first-order valence-electron chi connectivity index (χ1n) is 11.0. The van der Waals surface area contributed by atoms with Gasteiger partial charge in [0.25, 0.3) is 0 Å². The standard InChI is InChI=1S/C22H34N6O2/c1-19-8-11-26(12-9-19)21(7-5-17-29)24-25(2)18-22(30)28-15-13-27(14-16-28)20-6-3-4-10-23-20/h3-4,6,10,17,19H,5,7-9,11-16,18H2,1-2H3/b24-21+. The number of aldehydes is 1. The number of aromatic nitrogens is 1. The van der Waals surface area contributed by atoms with Gasteiger partial charge in [0.1, 0.15) is 24.5 Å². The van der Waals surface area contributed by atoms with Crippen LogP contribution in [0.3, 0.4) is 0 Å². The lowest BCUT2D eigenvalue weighted by Crippen LogP contribution is -2.51. The predicted molar refractivity (Wildman–Crippen MR) is 118 cm³/mol. The molecule has 2 saturated heterocycles. The van der Waals surface area contributed by atoms with Gasteiger partial charge in [0, 0.05) is 65.4 Å². The molecule has 2 fully saturated rings. The molecular weight excluding hydrogens is 380 g/mol. The molecule has 1 amide bonds. The van der Waals surface area contributed by atoms with Crippen molar-refractivity contribution in [1.29, 1.82) is 0 Å². The maximum Gasteiger partial charge on any atom is 0.243 e. The van der Waals surface area contributed by atoms with E-state index in [-0.39, 0.29) is 12.5 Å². The fourth-order valence-electron chi connectivity index (χ4n) is 3.98. The minimum Gasteiger partial charge on any atom is -0.359 e. The van der Waals surface area contributed by atoms with Crippen molar-refractivity contribution >= 4 is 23.8 Å². The molecule has 0 radical (unpaired) electrons. The molecule has 0 saturated carbocycles. The van der Waals surface area contributed by atoms with Crippen molar-refractivity contribution in [2.45, 2.75) is 32.6 Å². The number of pyridine rings is 1. The van der Waals surface area contributed by atoms with Gasteiger partial charge >= 0.3 is 0 Å². The van der Waals surface area contributed by atoms with Crippen LogP contribution < -0.4 is 4.90 Å². The van der Waals surface area contributed by atoms with E-state index in [0.29, 0.717) is 25.9 Å². The molecule has 8 nitrogen and oxygen atoms in total. The fourth-order valence-corrected chi connectivity index (χ4v) is 3.98. The first-order valence-corrected chi connectivity index (χ1v) is 11.0. The second-order valence-corrected chi connectivity index (χ2v) is 8.26. The summed E-state index contributed by atoms with van der Waals surface area (Å²) in [6.45, 7) is 7.41. The average molecular weight is 415 g/mol. The van der Waals surface area contributed by atoms with E-state index in [9.17, 15) is 9.59 Å². The van der Waals surface area contributed by atoms with Gasteiger partial charge in [-0.1, -0.05) is 13.0 Å². The zero-order chi connectivity index (χ0) is 21.3. The number of amidine groups is 1. The summed E-state index contributed by atoms with van der Waals surface area (Å²) in [5, 5.41) is 6.44. The third kappa shape index (κ3) is 6.18. The Morgan fingerprint density at radius 3 is 2.53 bits per heavy atom. The molecule has 2 aliphatic heterocycles. The number of amides is 1. The van der Waals surface area contributed by atoms with E-state index in [0.717, 1.165) is 62.9 Å². The number of hydrogen-bond acceptors (Lipinski definition) is 6. The second-order valence-electron chi connectivity index (χ2n) is 8.26. The van der Waals surface area contributed by atoms with E-state index in [1.165, 1.54) is 0 Å². The van der Waals surface area contributed by atoms with E-state index < -0.39 is 0 Å². The van der Waals surface area contributed by atoms with Crippen LogP contribution in [0.2, 0.25) is 0 Å². The summed E-state index contributed by atoms with van der Waals surface area (Å²) >= 11 is 0. The van der Waals surface area contributed by atoms with Crippen molar-refractivity contribution in [3.63, 3.8) is 0 Å². The van der Waals surface area contributed by atoms with Crippen LogP contribution in [-0.4, -0.2) is 90.7 Å². The van der Waals surface area contributed by atoms with Crippen molar-refractivity contribution in [3.05, 3.63) is 24.4 Å². The highest BCUT2D eigenvalue weighted by atomic mass is 16.2. The number of carbonyl (C=O) groups is 2. The van der Waals surface area contributed by atoms with E-state index in [1.54, 1.807) is 11.2 Å². The Kier molecular flexibility index (Phi) is 8.04. The highest BCUT2D eigenvalue weighted by molar-refractivity contribution is 5.84. The largest absolute Gasteiger partial charge is 0.359 e. The van der Waals surface area contributed by atoms with E-state index in [2.05, 4.69) is 21.7 Å².